The summed E-state index contributed by atoms with van der Waals surface area (Å²) >= 11 is 0. The number of nitrogens with one attached hydrogen (secondary N) is 2. The average molecular weight is 570 g/mol. The molecule has 2 aliphatic rings. The van der Waals surface area contributed by atoms with Gasteiger partial charge >= 0.3 is 36.9 Å². The summed E-state index contributed by atoms with van der Waals surface area (Å²) in [4.78, 5) is 75.8. The third kappa shape index (κ3) is 5.81. The van der Waals surface area contributed by atoms with Gasteiger partial charge in [0.1, 0.15) is 17.6 Å². The lowest BCUT2D eigenvalue weighted by Gasteiger charge is -2.33. The third-order valence-electron chi connectivity index (χ3n) is 6.70. The van der Waals surface area contributed by atoms with Gasteiger partial charge in [0.15, 0.2) is 0 Å². The number of hydrogen-bond acceptors (Lipinski definition) is 8. The predicted molar refractivity (Wildman–Crippen MR) is 136 cm³/mol. The maximum absolute atomic E-state index is 15.1. The van der Waals surface area contributed by atoms with Gasteiger partial charge in [0, 0.05) is 25.2 Å². The Balaban J connectivity index is 1.61. The van der Waals surface area contributed by atoms with Crippen molar-refractivity contribution in [2.75, 3.05) is 19.6 Å². The fraction of sp³-hybridized carbons (Fsp3) is 0.280. The van der Waals surface area contributed by atoms with E-state index in [1.54, 1.807) is 6.92 Å². The molecule has 0 aromatic heterocycles. The number of para-hydroxylation sites is 1. The molecule has 4 rings (SSSR count). The molecule has 0 aliphatic carbocycles. The van der Waals surface area contributed by atoms with Gasteiger partial charge in [0.05, 0.1) is 17.1 Å². The van der Waals surface area contributed by atoms with E-state index in [4.69, 9.17) is 9.76 Å². The summed E-state index contributed by atoms with van der Waals surface area (Å²) in [6, 6.07) is 3.82. The normalized spacial score (nSPS) is 17.3. The number of nitrogens with zero attached hydrogens (tertiary/aromatic N) is 2. The Kier molecular flexibility index (Phi) is 8.23. The monoisotopic (exact) mass is 570 g/mol. The zero-order valence-corrected chi connectivity index (χ0v) is 21.5. The van der Waals surface area contributed by atoms with Crippen molar-refractivity contribution in [1.29, 1.82) is 0 Å². The molecule has 0 bridgehead atoms. The predicted octanol–water partition coefficient (Wildman–Crippen LogP) is -0.197. The number of carbonyl (C=O) groups is 6. The number of likely N-dealkylation sites (N-methyl/N-ethyl adjacent to an activating group) is 1. The van der Waals surface area contributed by atoms with Crippen molar-refractivity contribution in [2.45, 2.75) is 25.3 Å². The number of imide groups is 1. The molecule has 1 unspecified atom stereocenters. The van der Waals surface area contributed by atoms with Crippen molar-refractivity contribution in [2.24, 2.45) is 0 Å². The van der Waals surface area contributed by atoms with E-state index in [-0.39, 0.29) is 37.4 Å². The second kappa shape index (κ2) is 11.6. The fourth-order valence-electron chi connectivity index (χ4n) is 4.53. The number of carbonyl (C=O) groups excluding carboxylic acids is 4. The van der Waals surface area contributed by atoms with Gasteiger partial charge in [0.2, 0.25) is 5.91 Å². The first-order valence-electron chi connectivity index (χ1n) is 12.4. The number of piperazine rings is 1. The second-order valence-corrected chi connectivity index (χ2v) is 9.19. The number of hydrogen-bond donors (Lipinski definition) is 5. The first-order valence-corrected chi connectivity index (χ1v) is 12.4. The summed E-state index contributed by atoms with van der Waals surface area (Å²) < 4.78 is 20.4. The van der Waals surface area contributed by atoms with Gasteiger partial charge < -0.3 is 35.4 Å². The standard InChI is InChI=1S/C25H24BFN4O10/c1-2-30-8-9-31(22(34)21(30)33)25(39)29-18(14-7-6-13(23(35)36)10-16(14)27)20(32)28-17-11-12-4-3-5-15(24(37)38)19(12)41-26(17)40/h3-7,10,17-18,40H,2,8-9,11H2,1H3,(H,28,32)(H,29,39)(H,35,36)(H,37,38)/t17-,18?/m0/s1. The number of halogens is 1. The van der Waals surface area contributed by atoms with Crippen LogP contribution in [-0.2, 0) is 20.8 Å². The molecule has 1 saturated heterocycles. The van der Waals surface area contributed by atoms with E-state index in [0.29, 0.717) is 16.5 Å². The maximum Gasteiger partial charge on any atom is 0.547 e. The molecule has 1 fully saturated rings. The minimum Gasteiger partial charge on any atom is -0.534 e. The van der Waals surface area contributed by atoms with Crippen molar-refractivity contribution < 1.29 is 53.0 Å². The van der Waals surface area contributed by atoms with Crippen LogP contribution in [0.15, 0.2) is 36.4 Å². The summed E-state index contributed by atoms with van der Waals surface area (Å²) in [7, 11) is -1.73. The highest BCUT2D eigenvalue weighted by atomic mass is 19.1. The SMILES string of the molecule is CCN1CCN(C(=O)NC(C(=O)N[C@H]2Cc3cccc(C(=O)O)c3OB2O)c2ccc(C(=O)O)cc2F)C(=O)C1=O. The number of aromatic carboxylic acids is 2. The van der Waals surface area contributed by atoms with Crippen LogP contribution in [0.25, 0.3) is 0 Å². The lowest BCUT2D eigenvalue weighted by atomic mass is 9.72. The Hall–Kier alpha value is -4.99. The molecule has 2 aliphatic heterocycles. The highest BCUT2D eigenvalue weighted by molar-refractivity contribution is 6.47. The highest BCUT2D eigenvalue weighted by Gasteiger charge is 2.41. The first-order chi connectivity index (χ1) is 19.4. The molecule has 5 amide bonds. The lowest BCUT2D eigenvalue weighted by molar-refractivity contribution is -0.153. The van der Waals surface area contributed by atoms with Gasteiger partial charge in [-0.25, -0.2) is 18.8 Å². The molecule has 14 nitrogen and oxygen atoms in total. The molecule has 2 heterocycles. The van der Waals surface area contributed by atoms with Gasteiger partial charge in [-0.3, -0.25) is 19.3 Å². The van der Waals surface area contributed by atoms with Crippen LogP contribution in [0.3, 0.4) is 0 Å². The Morgan fingerprint density at radius 2 is 1.83 bits per heavy atom. The Labute approximate surface area is 231 Å². The van der Waals surface area contributed by atoms with E-state index in [0.717, 1.165) is 12.1 Å². The van der Waals surface area contributed by atoms with Crippen LogP contribution >= 0.6 is 0 Å². The molecule has 2 aromatic rings. The van der Waals surface area contributed by atoms with E-state index in [2.05, 4.69) is 10.6 Å². The molecule has 2 aromatic carbocycles. The number of urea groups is 1. The van der Waals surface area contributed by atoms with Crippen LogP contribution in [0.5, 0.6) is 5.75 Å². The molecule has 41 heavy (non-hydrogen) atoms. The third-order valence-corrected chi connectivity index (χ3v) is 6.70. The molecule has 0 saturated carbocycles. The van der Waals surface area contributed by atoms with Gasteiger partial charge in [-0.1, -0.05) is 18.2 Å². The van der Waals surface area contributed by atoms with Crippen LogP contribution in [-0.4, -0.2) is 93.4 Å². The molecule has 0 spiro atoms. The van der Waals surface area contributed by atoms with Crippen LogP contribution in [0.1, 0.15) is 44.8 Å². The van der Waals surface area contributed by atoms with Crippen LogP contribution in [0.2, 0.25) is 0 Å². The minimum absolute atomic E-state index is 0.0381. The largest absolute Gasteiger partial charge is 0.547 e. The van der Waals surface area contributed by atoms with E-state index in [1.165, 1.54) is 23.1 Å². The zero-order valence-electron chi connectivity index (χ0n) is 21.5. The summed E-state index contributed by atoms with van der Waals surface area (Å²) in [5.41, 5.74) is -0.767. The smallest absolute Gasteiger partial charge is 0.534 e. The Bertz CT molecular complexity index is 1450. The lowest BCUT2D eigenvalue weighted by Crippen LogP contribution is -2.60. The van der Waals surface area contributed by atoms with Crippen LogP contribution in [0.4, 0.5) is 9.18 Å². The molecule has 16 heteroatoms. The summed E-state index contributed by atoms with van der Waals surface area (Å²) in [6.45, 7) is 1.72. The molecule has 0 radical (unpaired) electrons. The van der Waals surface area contributed by atoms with E-state index in [9.17, 15) is 38.9 Å². The van der Waals surface area contributed by atoms with Gasteiger partial charge in [-0.15, -0.1) is 0 Å². The zero-order chi connectivity index (χ0) is 30.0. The number of benzene rings is 2. The number of rotatable bonds is 7. The topological polar surface area (TPSA) is 203 Å². The first kappa shape index (κ1) is 29.0. The van der Waals surface area contributed by atoms with E-state index >= 15 is 4.39 Å². The van der Waals surface area contributed by atoms with Gasteiger partial charge in [-0.2, -0.15) is 0 Å². The number of carboxylic acids is 2. The maximum atomic E-state index is 15.1. The Morgan fingerprint density at radius 1 is 1.10 bits per heavy atom. The molecule has 5 N–H and O–H groups in total. The highest BCUT2D eigenvalue weighted by Crippen LogP contribution is 2.30. The van der Waals surface area contributed by atoms with E-state index < -0.39 is 71.7 Å². The molecule has 2 atom stereocenters. The van der Waals surface area contributed by atoms with Crippen molar-refractivity contribution in [3.05, 3.63) is 64.5 Å². The summed E-state index contributed by atoms with van der Waals surface area (Å²) in [5, 5.41) is 33.7. The van der Waals surface area contributed by atoms with Gasteiger partial charge in [-0.05, 0) is 37.1 Å². The summed E-state index contributed by atoms with van der Waals surface area (Å²) in [6.07, 6.45) is -0.101. The van der Waals surface area contributed by atoms with Crippen LogP contribution in [0, 0.1) is 5.82 Å². The Morgan fingerprint density at radius 3 is 2.46 bits per heavy atom. The molecule has 214 valence electrons. The van der Waals surface area contributed by atoms with Crippen molar-refractivity contribution in [3.63, 3.8) is 0 Å². The van der Waals surface area contributed by atoms with Crippen molar-refractivity contribution in [3.8, 4) is 5.75 Å². The van der Waals surface area contributed by atoms with Crippen molar-refractivity contribution >= 4 is 42.8 Å². The molecular weight excluding hydrogens is 546 g/mol. The number of amides is 5. The average Bonchev–Trinajstić information content (AvgIpc) is 2.93. The van der Waals surface area contributed by atoms with Gasteiger partial charge in [0.25, 0.3) is 0 Å². The molecular formula is C25H24BFN4O10. The summed E-state index contributed by atoms with van der Waals surface area (Å²) in [5.74, 6) is -8.35. The minimum atomic E-state index is -1.85. The fourth-order valence-corrected chi connectivity index (χ4v) is 4.53. The number of carboxylic acid groups (broad SMARTS) is 2. The van der Waals surface area contributed by atoms with E-state index in [1.807, 2.05) is 0 Å². The number of fused-ring (bicyclic) bond motifs is 1. The van der Waals surface area contributed by atoms with Crippen LogP contribution < -0.4 is 15.3 Å². The second-order valence-electron chi connectivity index (χ2n) is 9.19. The quantitative estimate of drug-likeness (QED) is 0.219. The van der Waals surface area contributed by atoms with Crippen molar-refractivity contribution in [1.82, 2.24) is 20.4 Å².